The fraction of sp³-hybridized carbons (Fsp3) is 0.818. The van der Waals surface area contributed by atoms with Crippen molar-refractivity contribution in [3.8, 4) is 0 Å². The maximum Gasteiger partial charge on any atom is 0.553 e. The first kappa shape index (κ1) is 13.0. The monoisotopic (exact) mass is 238 g/mol. The second kappa shape index (κ2) is 3.53. The first-order valence-electron chi connectivity index (χ1n) is 5.95. The zero-order valence-electron chi connectivity index (χ0n) is 11.5. The van der Waals surface area contributed by atoms with Crippen LogP contribution in [-0.4, -0.2) is 30.8 Å². The Morgan fingerprint density at radius 3 is 1.65 bits per heavy atom. The smallest absolute Gasteiger partial charge is 0.540 e. The van der Waals surface area contributed by atoms with E-state index in [0.717, 1.165) is 0 Å². The predicted octanol–water partition coefficient (Wildman–Crippen LogP) is 1.98. The SMILES string of the molecule is C=C1OB(B2OC(C)(C)C(C)(C)O2)OC1(C)C. The van der Waals surface area contributed by atoms with E-state index in [-0.39, 0.29) is 11.2 Å². The highest BCUT2D eigenvalue weighted by atomic mass is 16.7. The lowest BCUT2D eigenvalue weighted by molar-refractivity contribution is 0.00578. The second-order valence-corrected chi connectivity index (χ2v) is 6.16. The van der Waals surface area contributed by atoms with Gasteiger partial charge in [-0.3, -0.25) is 0 Å². The van der Waals surface area contributed by atoms with Crippen molar-refractivity contribution in [1.29, 1.82) is 0 Å². The fourth-order valence-electron chi connectivity index (χ4n) is 1.77. The highest BCUT2D eigenvalue weighted by molar-refractivity contribution is 7.11. The summed E-state index contributed by atoms with van der Waals surface area (Å²) >= 11 is 0. The van der Waals surface area contributed by atoms with Crippen LogP contribution in [0.25, 0.3) is 0 Å². The zero-order valence-corrected chi connectivity index (χ0v) is 11.5. The highest BCUT2D eigenvalue weighted by Gasteiger charge is 2.61. The molecule has 0 atom stereocenters. The van der Waals surface area contributed by atoms with Crippen molar-refractivity contribution >= 4 is 14.0 Å². The lowest BCUT2D eigenvalue weighted by Crippen LogP contribution is -2.41. The summed E-state index contributed by atoms with van der Waals surface area (Å²) in [6.45, 7) is 15.7. The number of hydrogen-bond acceptors (Lipinski definition) is 4. The Labute approximate surface area is 104 Å². The molecular formula is C11H20B2O4. The molecule has 0 aromatic rings. The Kier molecular flexibility index (Phi) is 2.70. The number of rotatable bonds is 1. The lowest BCUT2D eigenvalue weighted by Gasteiger charge is -2.32. The highest BCUT2D eigenvalue weighted by Crippen LogP contribution is 2.40. The van der Waals surface area contributed by atoms with E-state index in [2.05, 4.69) is 6.58 Å². The van der Waals surface area contributed by atoms with Crippen molar-refractivity contribution in [2.45, 2.75) is 58.3 Å². The van der Waals surface area contributed by atoms with Crippen molar-refractivity contribution in [3.05, 3.63) is 12.3 Å². The minimum atomic E-state index is -0.543. The van der Waals surface area contributed by atoms with Gasteiger partial charge in [0.05, 0.1) is 17.0 Å². The molecule has 0 N–H and O–H groups in total. The van der Waals surface area contributed by atoms with Gasteiger partial charge in [-0.2, -0.15) is 0 Å². The van der Waals surface area contributed by atoms with Gasteiger partial charge in [0.25, 0.3) is 0 Å². The van der Waals surface area contributed by atoms with Gasteiger partial charge in [-0.15, -0.1) is 0 Å². The van der Waals surface area contributed by atoms with Gasteiger partial charge in [-0.05, 0) is 41.5 Å². The number of hydrogen-bond donors (Lipinski definition) is 0. The van der Waals surface area contributed by atoms with Gasteiger partial charge in [0.15, 0.2) is 0 Å². The van der Waals surface area contributed by atoms with E-state index < -0.39 is 19.6 Å². The Morgan fingerprint density at radius 2 is 1.29 bits per heavy atom. The minimum Gasteiger partial charge on any atom is -0.540 e. The molecule has 0 aliphatic carbocycles. The molecule has 2 saturated heterocycles. The molecule has 0 bridgehead atoms. The average molecular weight is 238 g/mol. The molecule has 0 saturated carbocycles. The Hall–Kier alpha value is -0.450. The molecule has 0 spiro atoms. The van der Waals surface area contributed by atoms with E-state index in [1.807, 2.05) is 41.5 Å². The summed E-state index contributed by atoms with van der Waals surface area (Å²) in [5.41, 5.74) is -1.24. The van der Waals surface area contributed by atoms with Crippen LogP contribution < -0.4 is 0 Å². The van der Waals surface area contributed by atoms with Gasteiger partial charge < -0.3 is 18.6 Å². The first-order valence-corrected chi connectivity index (χ1v) is 5.95. The first-order chi connectivity index (χ1) is 7.55. The molecule has 0 amide bonds. The Balaban J connectivity index is 2.11. The van der Waals surface area contributed by atoms with Crippen LogP contribution in [0.5, 0.6) is 0 Å². The summed E-state index contributed by atoms with van der Waals surface area (Å²) in [6.07, 6.45) is 0. The zero-order chi connectivity index (χ0) is 13.1. The molecule has 2 rings (SSSR count). The second-order valence-electron chi connectivity index (χ2n) is 6.16. The third-order valence-corrected chi connectivity index (χ3v) is 3.83. The molecule has 2 aliphatic heterocycles. The quantitative estimate of drug-likeness (QED) is 0.654. The molecule has 2 fully saturated rings. The van der Waals surface area contributed by atoms with Crippen molar-refractivity contribution in [3.63, 3.8) is 0 Å². The topological polar surface area (TPSA) is 36.9 Å². The van der Waals surface area contributed by atoms with Gasteiger partial charge in [0.1, 0.15) is 5.60 Å². The molecule has 2 heterocycles. The van der Waals surface area contributed by atoms with Gasteiger partial charge in [0.2, 0.25) is 0 Å². The largest absolute Gasteiger partial charge is 0.553 e. The summed E-state index contributed by atoms with van der Waals surface area (Å²) in [4.78, 5) is 0. The third-order valence-electron chi connectivity index (χ3n) is 3.83. The molecule has 17 heavy (non-hydrogen) atoms. The van der Waals surface area contributed by atoms with E-state index >= 15 is 0 Å². The van der Waals surface area contributed by atoms with E-state index in [1.165, 1.54) is 0 Å². The summed E-state index contributed by atoms with van der Waals surface area (Å²) in [5.74, 6) is 0.609. The van der Waals surface area contributed by atoms with Crippen molar-refractivity contribution < 1.29 is 18.6 Å². The van der Waals surface area contributed by atoms with Crippen LogP contribution in [0.3, 0.4) is 0 Å². The molecule has 0 unspecified atom stereocenters. The molecule has 4 nitrogen and oxygen atoms in total. The van der Waals surface area contributed by atoms with E-state index in [9.17, 15) is 0 Å². The normalized spacial score (nSPS) is 29.6. The van der Waals surface area contributed by atoms with E-state index in [1.54, 1.807) is 0 Å². The molecule has 0 aromatic carbocycles. The maximum absolute atomic E-state index is 5.88. The van der Waals surface area contributed by atoms with Crippen molar-refractivity contribution in [1.82, 2.24) is 0 Å². The van der Waals surface area contributed by atoms with Crippen LogP contribution in [-0.2, 0) is 18.6 Å². The molecule has 94 valence electrons. The van der Waals surface area contributed by atoms with Crippen molar-refractivity contribution in [2.75, 3.05) is 0 Å². The van der Waals surface area contributed by atoms with Crippen LogP contribution in [0.15, 0.2) is 12.3 Å². The summed E-state index contributed by atoms with van der Waals surface area (Å²) < 4.78 is 23.1. The lowest BCUT2D eigenvalue weighted by atomic mass is 9.49. The Morgan fingerprint density at radius 1 is 0.824 bits per heavy atom. The van der Waals surface area contributed by atoms with E-state index in [0.29, 0.717) is 5.76 Å². The Bertz CT molecular complexity index is 335. The molecular weight excluding hydrogens is 218 g/mol. The van der Waals surface area contributed by atoms with Crippen LogP contribution in [0.1, 0.15) is 41.5 Å². The van der Waals surface area contributed by atoms with Gasteiger partial charge in [0, 0.05) is 0 Å². The predicted molar refractivity (Wildman–Crippen MR) is 67.2 cm³/mol. The van der Waals surface area contributed by atoms with E-state index in [4.69, 9.17) is 18.6 Å². The minimum absolute atomic E-state index is 0.377. The molecule has 6 heteroatoms. The van der Waals surface area contributed by atoms with Crippen LogP contribution in [0.4, 0.5) is 0 Å². The fourth-order valence-corrected chi connectivity index (χ4v) is 1.77. The summed E-state index contributed by atoms with van der Waals surface area (Å²) in [7, 11) is -1.06. The van der Waals surface area contributed by atoms with Crippen LogP contribution in [0.2, 0.25) is 0 Å². The van der Waals surface area contributed by atoms with Gasteiger partial charge in [-0.25, -0.2) is 0 Å². The third kappa shape index (κ3) is 2.02. The van der Waals surface area contributed by atoms with Gasteiger partial charge >= 0.3 is 14.0 Å². The molecule has 0 aromatic heterocycles. The van der Waals surface area contributed by atoms with Crippen molar-refractivity contribution in [2.24, 2.45) is 0 Å². The standard InChI is InChI=1S/C11H20B2O4/c1-8-9(2,3)15-12(14-8)13-16-10(4,5)11(6,7)17-13/h1H2,2-7H3. The molecule has 2 aliphatic rings. The average Bonchev–Trinajstić information content (AvgIpc) is 2.49. The van der Waals surface area contributed by atoms with Crippen LogP contribution in [0, 0.1) is 0 Å². The van der Waals surface area contributed by atoms with Crippen LogP contribution >= 0.6 is 0 Å². The van der Waals surface area contributed by atoms with Gasteiger partial charge in [-0.1, -0.05) is 6.58 Å². The molecule has 0 radical (unpaired) electrons. The maximum atomic E-state index is 5.88. The summed E-state index contributed by atoms with van der Waals surface area (Å²) in [6, 6.07) is 0. The summed E-state index contributed by atoms with van der Waals surface area (Å²) in [5, 5.41) is 0.